The molecule has 3 fully saturated rings. The number of nitrogens with one attached hydrogen (secondary N) is 1. The number of aromatic nitrogens is 3. The van der Waals surface area contributed by atoms with Crippen molar-refractivity contribution in [1.29, 1.82) is 0 Å². The van der Waals surface area contributed by atoms with Gasteiger partial charge in [0.25, 0.3) is 0 Å². The molecule has 9 heteroatoms. The minimum atomic E-state index is -0.685. The zero-order valence-electron chi connectivity index (χ0n) is 16.7. The van der Waals surface area contributed by atoms with E-state index in [-0.39, 0.29) is 30.2 Å². The summed E-state index contributed by atoms with van der Waals surface area (Å²) >= 11 is 6.23. The Balaban J connectivity index is 1.41. The van der Waals surface area contributed by atoms with E-state index < -0.39 is 11.9 Å². The molecule has 1 aliphatic carbocycles. The van der Waals surface area contributed by atoms with E-state index in [0.29, 0.717) is 12.5 Å². The second kappa shape index (κ2) is 7.35. The predicted molar refractivity (Wildman–Crippen MR) is 107 cm³/mol. The third-order valence-electron chi connectivity index (χ3n) is 6.10. The number of ether oxygens (including phenoxy) is 3. The van der Waals surface area contributed by atoms with Gasteiger partial charge in [0.2, 0.25) is 5.28 Å². The van der Waals surface area contributed by atoms with E-state index in [4.69, 9.17) is 25.8 Å². The van der Waals surface area contributed by atoms with Crippen LogP contribution in [0.25, 0.3) is 5.52 Å². The van der Waals surface area contributed by atoms with Crippen LogP contribution in [0.1, 0.15) is 45.2 Å². The Morgan fingerprint density at radius 2 is 1.93 bits per heavy atom. The largest absolute Gasteiger partial charge is 0.394 e. The van der Waals surface area contributed by atoms with Crippen LogP contribution in [-0.4, -0.2) is 62.6 Å². The number of anilines is 1. The molecule has 0 spiro atoms. The number of fused-ring (bicyclic) bond motifs is 2. The number of nitrogens with zero attached hydrogens (tertiary/aromatic N) is 3. The van der Waals surface area contributed by atoms with Crippen molar-refractivity contribution in [3.8, 4) is 0 Å². The van der Waals surface area contributed by atoms with E-state index in [1.807, 2.05) is 30.5 Å². The van der Waals surface area contributed by atoms with Crippen LogP contribution < -0.4 is 5.32 Å². The molecule has 0 radical (unpaired) electrons. The second-order valence-electron chi connectivity index (χ2n) is 8.64. The van der Waals surface area contributed by atoms with Crippen molar-refractivity contribution in [2.45, 2.75) is 82.2 Å². The van der Waals surface area contributed by atoms with Gasteiger partial charge in [0, 0.05) is 18.2 Å². The fraction of sp³-hybridized carbons (Fsp3) is 0.700. The van der Waals surface area contributed by atoms with Crippen LogP contribution in [0, 0.1) is 0 Å². The third-order valence-corrected chi connectivity index (χ3v) is 6.26. The van der Waals surface area contributed by atoms with Gasteiger partial charge in [-0.25, -0.2) is 4.52 Å². The maximum absolute atomic E-state index is 9.70. The van der Waals surface area contributed by atoms with E-state index in [0.717, 1.165) is 29.9 Å². The van der Waals surface area contributed by atoms with E-state index in [2.05, 4.69) is 15.4 Å². The van der Waals surface area contributed by atoms with Crippen molar-refractivity contribution in [3.63, 3.8) is 0 Å². The molecule has 2 aromatic rings. The minimum absolute atomic E-state index is 0.102. The molecule has 0 bridgehead atoms. The van der Waals surface area contributed by atoms with Crippen molar-refractivity contribution in [1.82, 2.24) is 14.6 Å². The molecule has 2 aliphatic heterocycles. The molecular formula is C20H27ClN4O4. The van der Waals surface area contributed by atoms with Gasteiger partial charge in [-0.2, -0.15) is 4.98 Å². The molecule has 29 heavy (non-hydrogen) atoms. The SMILES string of the molecule is CC1(C)O[C@@H]2[C@H](O1)[C@@H](CO)O[C@H]2Cc1ccc2c(NC3CCCC3)nc(Cl)nn12. The van der Waals surface area contributed by atoms with Crippen LogP contribution >= 0.6 is 11.6 Å². The molecule has 4 atom stereocenters. The van der Waals surface area contributed by atoms with Crippen molar-refractivity contribution in [2.75, 3.05) is 11.9 Å². The highest BCUT2D eigenvalue weighted by atomic mass is 35.5. The molecule has 8 nitrogen and oxygen atoms in total. The van der Waals surface area contributed by atoms with Crippen LogP contribution in [0.5, 0.6) is 0 Å². The summed E-state index contributed by atoms with van der Waals surface area (Å²) in [5.74, 6) is 0.0822. The van der Waals surface area contributed by atoms with Crippen molar-refractivity contribution in [3.05, 3.63) is 23.1 Å². The monoisotopic (exact) mass is 422 g/mol. The van der Waals surface area contributed by atoms with E-state index >= 15 is 0 Å². The van der Waals surface area contributed by atoms with Gasteiger partial charge >= 0.3 is 0 Å². The molecule has 0 aromatic carbocycles. The number of rotatable bonds is 5. The number of aliphatic hydroxyl groups is 1. The lowest BCUT2D eigenvalue weighted by Gasteiger charge is -2.23. The smallest absolute Gasteiger partial charge is 0.243 e. The van der Waals surface area contributed by atoms with Crippen molar-refractivity contribution >= 4 is 22.9 Å². The van der Waals surface area contributed by atoms with Gasteiger partial charge in [0.05, 0.1) is 12.7 Å². The Labute approximate surface area is 174 Å². The lowest BCUT2D eigenvalue weighted by molar-refractivity contribution is -0.190. The molecule has 1 saturated carbocycles. The maximum Gasteiger partial charge on any atom is 0.243 e. The summed E-state index contributed by atoms with van der Waals surface area (Å²) < 4.78 is 19.9. The molecule has 158 valence electrons. The Morgan fingerprint density at radius 1 is 1.21 bits per heavy atom. The standard InChI is InChI=1S/C20H27ClN4O4/c1-20(2)28-16-14(27-15(10-26)17(16)29-20)9-12-7-8-13-18(22-11-5-3-4-6-11)23-19(21)24-25(12)13/h7-8,11,14-17,26H,3-6,9-10H2,1-2H3,(H,22,23,24)/t14-,15+,16-,17+/m0/s1. The summed E-state index contributed by atoms with van der Waals surface area (Å²) in [6.07, 6.45) is 4.21. The molecule has 2 saturated heterocycles. The third kappa shape index (κ3) is 3.61. The first-order chi connectivity index (χ1) is 13.9. The van der Waals surface area contributed by atoms with E-state index in [1.54, 1.807) is 0 Å². The normalized spacial score (nSPS) is 31.6. The topological polar surface area (TPSA) is 90.1 Å². The molecule has 3 aliphatic rings. The number of hydrogen-bond donors (Lipinski definition) is 2. The second-order valence-corrected chi connectivity index (χ2v) is 8.98. The fourth-order valence-electron chi connectivity index (χ4n) is 4.84. The fourth-order valence-corrected chi connectivity index (χ4v) is 5.00. The highest BCUT2D eigenvalue weighted by molar-refractivity contribution is 6.28. The Kier molecular flexibility index (Phi) is 4.95. The first-order valence-electron chi connectivity index (χ1n) is 10.4. The van der Waals surface area contributed by atoms with Crippen LogP contribution in [0.4, 0.5) is 5.82 Å². The summed E-state index contributed by atoms with van der Waals surface area (Å²) in [6, 6.07) is 4.46. The first kappa shape index (κ1) is 19.5. The van der Waals surface area contributed by atoms with Crippen LogP contribution in [0.3, 0.4) is 0 Å². The molecular weight excluding hydrogens is 396 g/mol. The van der Waals surface area contributed by atoms with Gasteiger partial charge in [-0.05, 0) is 50.4 Å². The van der Waals surface area contributed by atoms with E-state index in [9.17, 15) is 5.11 Å². The molecule has 5 rings (SSSR count). The lowest BCUT2D eigenvalue weighted by Crippen LogP contribution is -2.32. The Morgan fingerprint density at radius 3 is 2.66 bits per heavy atom. The van der Waals surface area contributed by atoms with Crippen molar-refractivity contribution in [2.24, 2.45) is 0 Å². The molecule has 0 amide bonds. The molecule has 4 heterocycles. The zero-order valence-corrected chi connectivity index (χ0v) is 17.4. The summed E-state index contributed by atoms with van der Waals surface area (Å²) in [6.45, 7) is 3.67. The predicted octanol–water partition coefficient (Wildman–Crippen LogP) is 2.56. The van der Waals surface area contributed by atoms with Gasteiger partial charge in [0.1, 0.15) is 23.8 Å². The summed E-state index contributed by atoms with van der Waals surface area (Å²) in [5, 5.41) is 17.8. The number of hydrogen-bond acceptors (Lipinski definition) is 7. The molecule has 0 unspecified atom stereocenters. The molecule has 2 aromatic heterocycles. The Hall–Kier alpha value is -1.45. The summed E-state index contributed by atoms with van der Waals surface area (Å²) in [4.78, 5) is 4.42. The zero-order chi connectivity index (χ0) is 20.2. The highest BCUT2D eigenvalue weighted by Gasteiger charge is 2.54. The van der Waals surface area contributed by atoms with Crippen molar-refractivity contribution < 1.29 is 19.3 Å². The number of aliphatic hydroxyl groups excluding tert-OH is 1. The van der Waals surface area contributed by atoms with Gasteiger partial charge in [-0.1, -0.05) is 12.8 Å². The van der Waals surface area contributed by atoms with Gasteiger partial charge in [-0.15, -0.1) is 5.10 Å². The quantitative estimate of drug-likeness (QED) is 0.765. The highest BCUT2D eigenvalue weighted by Crippen LogP contribution is 2.39. The van der Waals surface area contributed by atoms with Crippen LogP contribution in [-0.2, 0) is 20.6 Å². The van der Waals surface area contributed by atoms with Crippen LogP contribution in [0.15, 0.2) is 12.1 Å². The maximum atomic E-state index is 9.70. The first-order valence-corrected chi connectivity index (χ1v) is 10.7. The number of halogens is 1. The minimum Gasteiger partial charge on any atom is -0.394 e. The average Bonchev–Trinajstić information content (AvgIpc) is 3.42. The van der Waals surface area contributed by atoms with Gasteiger partial charge < -0.3 is 24.6 Å². The van der Waals surface area contributed by atoms with Gasteiger partial charge in [-0.3, -0.25) is 0 Å². The average molecular weight is 423 g/mol. The van der Waals surface area contributed by atoms with Gasteiger partial charge in [0.15, 0.2) is 11.6 Å². The molecule has 2 N–H and O–H groups in total. The van der Waals surface area contributed by atoms with Crippen LogP contribution in [0.2, 0.25) is 5.28 Å². The summed E-state index contributed by atoms with van der Waals surface area (Å²) in [7, 11) is 0. The summed E-state index contributed by atoms with van der Waals surface area (Å²) in [5.41, 5.74) is 1.85. The Bertz CT molecular complexity index is 898. The lowest BCUT2D eigenvalue weighted by atomic mass is 10.0. The van der Waals surface area contributed by atoms with E-state index in [1.165, 1.54) is 12.8 Å².